The van der Waals surface area contributed by atoms with Gasteiger partial charge < -0.3 is 26.3 Å². The highest BCUT2D eigenvalue weighted by atomic mass is 32.2. The molecule has 9 heteroatoms. The van der Waals surface area contributed by atoms with Crippen LogP contribution in [0.2, 0.25) is 0 Å². The summed E-state index contributed by atoms with van der Waals surface area (Å²) in [5.41, 5.74) is 5.34. The number of amides is 2. The topological polar surface area (TPSA) is 139 Å². The predicted molar refractivity (Wildman–Crippen MR) is 69.4 cm³/mol. The number of aldehydes is 1. The summed E-state index contributed by atoms with van der Waals surface area (Å²) in [6.07, 6.45) is 0.0304. The first-order valence-electron chi connectivity index (χ1n) is 5.42. The molecule has 0 bridgehead atoms. The Hall–Kier alpha value is -1.61. The quantitative estimate of drug-likeness (QED) is 0.225. The highest BCUT2D eigenvalue weighted by Gasteiger charge is 2.20. The normalized spacial score (nSPS) is 13.2. The number of carbonyl (C=O) groups is 4. The van der Waals surface area contributed by atoms with Crippen LogP contribution in [0.4, 0.5) is 0 Å². The van der Waals surface area contributed by atoms with Crippen molar-refractivity contribution in [2.24, 2.45) is 5.73 Å². The zero-order valence-corrected chi connectivity index (χ0v) is 11.2. The fourth-order valence-corrected chi connectivity index (χ4v) is 1.86. The standard InChI is InChI=1S/C10H17N3O5S/c1-6(15)12-5-19-4-7(3-14)13-10(18)8(11)2-9(16)17/h3,7-8H,2,4-5,11H2,1H3,(H,12,15)(H,13,18)(H,16,17)/t7?,8-/m1/s1. The summed E-state index contributed by atoms with van der Waals surface area (Å²) in [7, 11) is 0. The van der Waals surface area contributed by atoms with E-state index >= 15 is 0 Å². The second kappa shape index (κ2) is 9.34. The molecular formula is C10H17N3O5S. The Kier molecular flexibility index (Phi) is 8.55. The van der Waals surface area contributed by atoms with E-state index in [1.54, 1.807) is 0 Å². The van der Waals surface area contributed by atoms with E-state index in [4.69, 9.17) is 10.8 Å². The summed E-state index contributed by atoms with van der Waals surface area (Å²) >= 11 is 1.25. The van der Waals surface area contributed by atoms with E-state index in [9.17, 15) is 19.2 Å². The molecule has 0 spiro atoms. The van der Waals surface area contributed by atoms with Crippen LogP contribution in [0.3, 0.4) is 0 Å². The van der Waals surface area contributed by atoms with Crippen LogP contribution in [0.1, 0.15) is 13.3 Å². The lowest BCUT2D eigenvalue weighted by molar-refractivity contribution is -0.139. The average molecular weight is 291 g/mol. The summed E-state index contributed by atoms with van der Waals surface area (Å²) in [6, 6.07) is -1.97. The molecule has 8 nitrogen and oxygen atoms in total. The van der Waals surface area contributed by atoms with Gasteiger partial charge in [0.15, 0.2) is 0 Å². The number of nitrogens with two attached hydrogens (primary N) is 1. The summed E-state index contributed by atoms with van der Waals surface area (Å²) in [4.78, 5) is 43.2. The number of carbonyl (C=O) groups excluding carboxylic acids is 3. The fourth-order valence-electron chi connectivity index (χ4n) is 1.02. The van der Waals surface area contributed by atoms with Crippen molar-refractivity contribution in [2.75, 3.05) is 11.6 Å². The van der Waals surface area contributed by atoms with E-state index in [1.807, 2.05) is 0 Å². The molecule has 0 aromatic rings. The number of thioether (sulfide) groups is 1. The van der Waals surface area contributed by atoms with Crippen LogP contribution < -0.4 is 16.4 Å². The zero-order valence-electron chi connectivity index (χ0n) is 10.4. The third kappa shape index (κ3) is 9.03. The number of rotatable bonds is 9. The van der Waals surface area contributed by atoms with Gasteiger partial charge >= 0.3 is 5.97 Å². The van der Waals surface area contributed by atoms with Crippen molar-refractivity contribution >= 4 is 35.8 Å². The van der Waals surface area contributed by atoms with E-state index in [0.29, 0.717) is 12.2 Å². The Labute approximate surface area is 114 Å². The molecule has 0 aliphatic heterocycles. The number of hydrogen-bond acceptors (Lipinski definition) is 6. The van der Waals surface area contributed by atoms with Crippen molar-refractivity contribution in [1.29, 1.82) is 0 Å². The van der Waals surface area contributed by atoms with Crippen molar-refractivity contribution in [3.63, 3.8) is 0 Å². The minimum atomic E-state index is -1.19. The van der Waals surface area contributed by atoms with Crippen LogP contribution in [0.25, 0.3) is 0 Å². The smallest absolute Gasteiger partial charge is 0.305 e. The lowest BCUT2D eigenvalue weighted by Crippen LogP contribution is -2.47. The summed E-state index contributed by atoms with van der Waals surface area (Å²) in [5.74, 6) is -1.50. The minimum absolute atomic E-state index is 0.192. The molecular weight excluding hydrogens is 274 g/mol. The van der Waals surface area contributed by atoms with Gasteiger partial charge in [-0.1, -0.05) is 0 Å². The van der Waals surface area contributed by atoms with Gasteiger partial charge in [-0.15, -0.1) is 11.8 Å². The maximum atomic E-state index is 11.5. The molecule has 1 unspecified atom stereocenters. The number of carboxylic acid groups (broad SMARTS) is 1. The molecule has 0 rings (SSSR count). The van der Waals surface area contributed by atoms with Crippen LogP contribution in [0, 0.1) is 0 Å². The van der Waals surface area contributed by atoms with Gasteiger partial charge in [0.1, 0.15) is 6.29 Å². The van der Waals surface area contributed by atoms with Crippen molar-refractivity contribution in [1.82, 2.24) is 10.6 Å². The van der Waals surface area contributed by atoms with Crippen LogP contribution in [-0.2, 0) is 19.2 Å². The number of carboxylic acids is 1. The van der Waals surface area contributed by atoms with Gasteiger partial charge in [0, 0.05) is 12.7 Å². The van der Waals surface area contributed by atoms with Crippen LogP contribution in [-0.4, -0.2) is 52.9 Å². The van der Waals surface area contributed by atoms with E-state index in [-0.39, 0.29) is 11.7 Å². The Morgan fingerprint density at radius 3 is 2.53 bits per heavy atom. The fraction of sp³-hybridized carbons (Fsp3) is 0.600. The average Bonchev–Trinajstić information content (AvgIpc) is 2.31. The third-order valence-corrected chi connectivity index (χ3v) is 2.89. The molecule has 0 aromatic heterocycles. The van der Waals surface area contributed by atoms with Crippen molar-refractivity contribution in [2.45, 2.75) is 25.4 Å². The molecule has 0 saturated heterocycles. The van der Waals surface area contributed by atoms with Gasteiger partial charge in [0.2, 0.25) is 11.8 Å². The van der Waals surface area contributed by atoms with Gasteiger partial charge in [0.25, 0.3) is 0 Å². The van der Waals surface area contributed by atoms with Crippen molar-refractivity contribution in [3.8, 4) is 0 Å². The van der Waals surface area contributed by atoms with E-state index in [1.165, 1.54) is 18.7 Å². The van der Waals surface area contributed by atoms with Crippen LogP contribution in [0.5, 0.6) is 0 Å². The maximum Gasteiger partial charge on any atom is 0.305 e. The molecule has 0 aliphatic rings. The van der Waals surface area contributed by atoms with Gasteiger partial charge in [-0.3, -0.25) is 14.4 Å². The Morgan fingerprint density at radius 2 is 2.05 bits per heavy atom. The van der Waals surface area contributed by atoms with Crippen LogP contribution >= 0.6 is 11.8 Å². The predicted octanol–water partition coefficient (Wildman–Crippen LogP) is -1.70. The Balaban J connectivity index is 4.03. The maximum absolute atomic E-state index is 11.5. The lowest BCUT2D eigenvalue weighted by Gasteiger charge is -2.15. The van der Waals surface area contributed by atoms with Crippen LogP contribution in [0.15, 0.2) is 0 Å². The number of hydrogen-bond donors (Lipinski definition) is 4. The Morgan fingerprint density at radius 1 is 1.42 bits per heavy atom. The number of aliphatic carboxylic acids is 1. The first kappa shape index (κ1) is 17.4. The first-order chi connectivity index (χ1) is 8.86. The van der Waals surface area contributed by atoms with Gasteiger partial charge in [-0.2, -0.15) is 0 Å². The molecule has 108 valence electrons. The summed E-state index contributed by atoms with van der Waals surface area (Å²) < 4.78 is 0. The molecule has 0 aromatic carbocycles. The molecule has 19 heavy (non-hydrogen) atoms. The van der Waals surface area contributed by atoms with Gasteiger partial charge in [-0.25, -0.2) is 0 Å². The van der Waals surface area contributed by atoms with Gasteiger partial charge in [0.05, 0.1) is 24.4 Å². The largest absolute Gasteiger partial charge is 0.481 e. The highest BCUT2D eigenvalue weighted by molar-refractivity contribution is 7.99. The molecule has 2 amide bonds. The van der Waals surface area contributed by atoms with E-state index < -0.39 is 30.4 Å². The number of nitrogens with one attached hydrogen (secondary N) is 2. The molecule has 0 radical (unpaired) electrons. The molecule has 0 fully saturated rings. The highest BCUT2D eigenvalue weighted by Crippen LogP contribution is 2.00. The first-order valence-corrected chi connectivity index (χ1v) is 6.57. The van der Waals surface area contributed by atoms with Gasteiger partial charge in [-0.05, 0) is 0 Å². The SMILES string of the molecule is CC(=O)NCSCC(C=O)NC(=O)[C@H](N)CC(=O)O. The monoisotopic (exact) mass is 291 g/mol. The molecule has 0 aliphatic carbocycles. The molecule has 0 saturated carbocycles. The second-order valence-electron chi connectivity index (χ2n) is 3.70. The lowest BCUT2D eigenvalue weighted by atomic mass is 10.2. The third-order valence-electron chi connectivity index (χ3n) is 1.94. The minimum Gasteiger partial charge on any atom is -0.481 e. The molecule has 5 N–H and O–H groups in total. The van der Waals surface area contributed by atoms with Crippen molar-refractivity contribution in [3.05, 3.63) is 0 Å². The van der Waals surface area contributed by atoms with E-state index in [0.717, 1.165) is 0 Å². The van der Waals surface area contributed by atoms with Crippen molar-refractivity contribution < 1.29 is 24.3 Å². The van der Waals surface area contributed by atoms with E-state index in [2.05, 4.69) is 10.6 Å². The Bertz CT molecular complexity index is 350. The summed E-state index contributed by atoms with van der Waals surface area (Å²) in [5, 5.41) is 13.3. The molecule has 0 heterocycles. The second-order valence-corrected chi connectivity index (χ2v) is 4.73. The molecule has 2 atom stereocenters. The summed E-state index contributed by atoms with van der Waals surface area (Å²) in [6.45, 7) is 1.37. The zero-order chi connectivity index (χ0) is 14.8.